The number of benzene rings is 3. The van der Waals surface area contributed by atoms with Crippen molar-refractivity contribution in [2.24, 2.45) is 0 Å². The van der Waals surface area contributed by atoms with Crippen molar-refractivity contribution < 1.29 is 17.9 Å². The fourth-order valence-electron chi connectivity index (χ4n) is 3.01. The van der Waals surface area contributed by atoms with Crippen LogP contribution in [-0.2, 0) is 25.5 Å². The summed E-state index contributed by atoms with van der Waals surface area (Å²) in [4.78, 5) is 14.9. The third kappa shape index (κ3) is 3.04. The van der Waals surface area contributed by atoms with Gasteiger partial charge in [0.25, 0.3) is 0 Å². The summed E-state index contributed by atoms with van der Waals surface area (Å²) in [6.07, 6.45) is 0. The highest BCUT2D eigenvalue weighted by Crippen LogP contribution is 2.44. The van der Waals surface area contributed by atoms with Gasteiger partial charge >= 0.3 is 5.97 Å². The molecule has 140 valence electrons. The molecule has 28 heavy (non-hydrogen) atoms. The van der Waals surface area contributed by atoms with E-state index in [1.54, 1.807) is 43.3 Å². The molecule has 1 heterocycles. The largest absolute Gasteiger partial charge is 0.423 e. The summed E-state index contributed by atoms with van der Waals surface area (Å²) in [7, 11) is -4.12. The highest BCUT2D eigenvalue weighted by atomic mass is 32.2. The second-order valence-corrected chi connectivity index (χ2v) is 10.2. The number of rotatable bonds is 3. The zero-order valence-electron chi connectivity index (χ0n) is 15.1. The van der Waals surface area contributed by atoms with E-state index < -0.39 is 26.7 Å². The van der Waals surface area contributed by atoms with Crippen molar-refractivity contribution in [2.75, 3.05) is 0 Å². The van der Waals surface area contributed by atoms with E-state index in [9.17, 15) is 13.2 Å². The van der Waals surface area contributed by atoms with Gasteiger partial charge in [0, 0.05) is 5.57 Å². The van der Waals surface area contributed by atoms with E-state index in [4.69, 9.17) is 4.74 Å². The molecule has 0 saturated carbocycles. The molecule has 4 nitrogen and oxygen atoms in total. The number of carbonyl (C=O) groups is 1. The van der Waals surface area contributed by atoms with Crippen LogP contribution < -0.4 is 4.74 Å². The quantitative estimate of drug-likeness (QED) is 0.218. The first-order valence-corrected chi connectivity index (χ1v) is 11.3. The summed E-state index contributed by atoms with van der Waals surface area (Å²) < 4.78 is 31.4. The number of fused-ring (bicyclic) bond motifs is 2. The first-order chi connectivity index (χ1) is 13.4. The molecule has 3 aromatic rings. The van der Waals surface area contributed by atoms with E-state index in [1.807, 2.05) is 36.4 Å². The minimum absolute atomic E-state index is 0.325. The summed E-state index contributed by atoms with van der Waals surface area (Å²) in [6.45, 7) is 5.17. The average molecular weight is 410 g/mol. The summed E-state index contributed by atoms with van der Waals surface area (Å²) in [5.74, 6) is -0.0544. The number of esters is 1. The predicted molar refractivity (Wildman–Crippen MR) is 107 cm³/mol. The molecule has 1 aliphatic heterocycles. The molecule has 0 spiro atoms. The van der Waals surface area contributed by atoms with Gasteiger partial charge in [-0.05, 0) is 55.5 Å². The Morgan fingerprint density at radius 3 is 1.86 bits per heavy atom. The van der Waals surface area contributed by atoms with Crippen LogP contribution in [0.5, 0.6) is 5.75 Å². The Bertz CT molecular complexity index is 1140. The summed E-state index contributed by atoms with van der Waals surface area (Å²) in [6, 6.07) is 21.4. The second-order valence-electron chi connectivity index (χ2n) is 6.34. The maximum atomic E-state index is 13.1. The Morgan fingerprint density at radius 2 is 1.36 bits per heavy atom. The van der Waals surface area contributed by atoms with Crippen molar-refractivity contribution >= 4 is 26.7 Å². The van der Waals surface area contributed by atoms with Gasteiger partial charge in [0.2, 0.25) is 9.84 Å². The van der Waals surface area contributed by atoms with Gasteiger partial charge in [0.1, 0.15) is 26.4 Å². The van der Waals surface area contributed by atoms with Crippen molar-refractivity contribution in [2.45, 2.75) is 31.4 Å². The van der Waals surface area contributed by atoms with Gasteiger partial charge in [-0.2, -0.15) is 0 Å². The Morgan fingerprint density at radius 1 is 0.857 bits per heavy atom. The highest BCUT2D eigenvalue weighted by molar-refractivity contribution is 8.00. The van der Waals surface area contributed by atoms with Gasteiger partial charge < -0.3 is 4.74 Å². The molecular formula is C22H17O4S2+. The van der Waals surface area contributed by atoms with Crippen molar-refractivity contribution in [3.05, 3.63) is 84.9 Å². The third-order valence-electron chi connectivity index (χ3n) is 4.34. The molecular weight excluding hydrogens is 392 g/mol. The highest BCUT2D eigenvalue weighted by Gasteiger charge is 2.44. The summed E-state index contributed by atoms with van der Waals surface area (Å²) >= 11 is 0. The zero-order valence-corrected chi connectivity index (χ0v) is 16.7. The lowest BCUT2D eigenvalue weighted by Crippen LogP contribution is -2.20. The Kier molecular flexibility index (Phi) is 4.61. The van der Waals surface area contributed by atoms with Crippen molar-refractivity contribution in [1.82, 2.24) is 0 Å². The molecule has 3 aromatic carbocycles. The fraction of sp³-hybridized carbons (Fsp3) is 0.0455. The van der Waals surface area contributed by atoms with Crippen LogP contribution in [0.2, 0.25) is 0 Å². The molecule has 0 atom stereocenters. The van der Waals surface area contributed by atoms with Gasteiger partial charge in [0.05, 0.1) is 0 Å². The number of ether oxygens (including phenoxy) is 1. The lowest BCUT2D eigenvalue weighted by Gasteiger charge is -2.19. The summed E-state index contributed by atoms with van der Waals surface area (Å²) in [5.41, 5.74) is 0.325. The Hall–Kier alpha value is -2.83. The normalized spacial score (nSPS) is 14.6. The van der Waals surface area contributed by atoms with Gasteiger partial charge in [-0.15, -0.1) is 0 Å². The number of sulfone groups is 1. The van der Waals surface area contributed by atoms with Crippen LogP contribution >= 0.6 is 0 Å². The minimum atomic E-state index is -3.55. The fourth-order valence-corrected chi connectivity index (χ4v) is 7.71. The molecule has 0 aromatic heterocycles. The predicted octanol–water partition coefficient (Wildman–Crippen LogP) is 4.41. The lowest BCUT2D eigenvalue weighted by molar-refractivity contribution is -0.130. The molecule has 4 rings (SSSR count). The van der Waals surface area contributed by atoms with Gasteiger partial charge in [-0.1, -0.05) is 30.8 Å². The molecule has 1 aliphatic rings. The first-order valence-electron chi connectivity index (χ1n) is 8.55. The van der Waals surface area contributed by atoms with Crippen molar-refractivity contribution in [3.8, 4) is 5.75 Å². The maximum Gasteiger partial charge on any atom is 0.338 e. The maximum absolute atomic E-state index is 13.1. The van der Waals surface area contributed by atoms with E-state index in [-0.39, 0.29) is 0 Å². The SMILES string of the molecule is C=C(C)C(=O)Oc1ccc([S+]2c3ccccc3S(=O)(=O)c3ccccc32)cc1. The minimum Gasteiger partial charge on any atom is -0.423 e. The zero-order chi connectivity index (χ0) is 19.9. The standard InChI is InChI=1S/C22H17O4S2/c1-15(2)22(23)26-16-11-13-17(14-12-16)27-18-7-3-5-9-20(18)28(24,25)21-10-6-4-8-19(21)27/h3-14H,1H2,2H3/q+1. The van der Waals surface area contributed by atoms with Gasteiger partial charge in [-0.3, -0.25) is 0 Å². The van der Waals surface area contributed by atoms with Crippen molar-refractivity contribution in [1.29, 1.82) is 0 Å². The summed E-state index contributed by atoms with van der Waals surface area (Å²) in [5, 5.41) is 0. The van der Waals surface area contributed by atoms with E-state index in [1.165, 1.54) is 0 Å². The van der Waals surface area contributed by atoms with E-state index >= 15 is 0 Å². The smallest absolute Gasteiger partial charge is 0.338 e. The number of hydrogen-bond donors (Lipinski definition) is 0. The molecule has 0 N–H and O–H groups in total. The van der Waals surface area contributed by atoms with Gasteiger partial charge in [0.15, 0.2) is 14.7 Å². The average Bonchev–Trinajstić information content (AvgIpc) is 2.69. The molecule has 0 bridgehead atoms. The topological polar surface area (TPSA) is 60.4 Å². The van der Waals surface area contributed by atoms with Crippen LogP contribution in [0, 0.1) is 0 Å². The second kappa shape index (κ2) is 6.96. The van der Waals surface area contributed by atoms with Crippen LogP contribution in [0.4, 0.5) is 0 Å². The van der Waals surface area contributed by atoms with Gasteiger partial charge in [-0.25, -0.2) is 13.2 Å². The molecule has 0 unspecified atom stereocenters. The number of hydrogen-bond acceptors (Lipinski definition) is 4. The third-order valence-corrected chi connectivity index (χ3v) is 8.80. The van der Waals surface area contributed by atoms with Crippen LogP contribution in [0.1, 0.15) is 6.92 Å². The van der Waals surface area contributed by atoms with E-state index in [0.717, 1.165) is 14.7 Å². The van der Waals surface area contributed by atoms with Crippen molar-refractivity contribution in [3.63, 3.8) is 0 Å². The lowest BCUT2D eigenvalue weighted by atomic mass is 10.3. The molecule has 6 heteroatoms. The van der Waals surface area contributed by atoms with Crippen LogP contribution in [0.3, 0.4) is 0 Å². The Labute approximate surface area is 166 Å². The van der Waals surface area contributed by atoms with Crippen LogP contribution in [-0.4, -0.2) is 14.4 Å². The number of carbonyl (C=O) groups excluding carboxylic acids is 1. The van der Waals surface area contributed by atoms with E-state index in [0.29, 0.717) is 21.1 Å². The Balaban J connectivity index is 1.83. The molecule has 0 fully saturated rings. The molecule has 0 radical (unpaired) electrons. The molecule has 0 saturated heterocycles. The van der Waals surface area contributed by atoms with Crippen LogP contribution in [0.15, 0.2) is 109 Å². The first kappa shape index (κ1) is 18.5. The monoisotopic (exact) mass is 409 g/mol. The van der Waals surface area contributed by atoms with Crippen LogP contribution in [0.25, 0.3) is 0 Å². The van der Waals surface area contributed by atoms with E-state index in [2.05, 4.69) is 6.58 Å². The molecule has 0 amide bonds. The molecule has 0 aliphatic carbocycles.